The molecule has 2 saturated carbocycles. The summed E-state index contributed by atoms with van der Waals surface area (Å²) >= 11 is 0. The van der Waals surface area contributed by atoms with Gasteiger partial charge < -0.3 is 5.32 Å². The predicted molar refractivity (Wildman–Crippen MR) is 118 cm³/mol. The van der Waals surface area contributed by atoms with E-state index in [0.717, 1.165) is 30.0 Å². The lowest BCUT2D eigenvalue weighted by molar-refractivity contribution is -0.139. The number of amides is 4. The Balaban J connectivity index is 1.31. The van der Waals surface area contributed by atoms with Crippen molar-refractivity contribution in [2.24, 2.45) is 5.92 Å². The molecule has 0 aromatic heterocycles. The number of rotatable bonds is 9. The van der Waals surface area contributed by atoms with Crippen LogP contribution in [-0.4, -0.2) is 52.4 Å². The number of imide groups is 1. The summed E-state index contributed by atoms with van der Waals surface area (Å²) in [6.45, 7) is 2.90. The summed E-state index contributed by atoms with van der Waals surface area (Å²) in [4.78, 5) is 40.4. The van der Waals surface area contributed by atoms with Gasteiger partial charge in [0.2, 0.25) is 0 Å². The lowest BCUT2D eigenvalue weighted by Crippen LogP contribution is -2.52. The summed E-state index contributed by atoms with van der Waals surface area (Å²) in [6, 6.07) is 9.78. The lowest BCUT2D eigenvalue weighted by atomic mass is 9.89. The second-order valence-corrected chi connectivity index (χ2v) is 9.59. The summed E-state index contributed by atoms with van der Waals surface area (Å²) in [5.74, 6) is -0.0364. The van der Waals surface area contributed by atoms with Crippen molar-refractivity contribution in [2.75, 3.05) is 13.1 Å². The van der Waals surface area contributed by atoms with Gasteiger partial charge in [-0.05, 0) is 56.9 Å². The molecule has 1 heterocycles. The monoisotopic (exact) mass is 426 g/mol. The minimum absolute atomic E-state index is 0.235. The Morgan fingerprint density at radius 2 is 1.84 bits per heavy atom. The standard InChI is InChI=1S/C24H34N4O3/c1-24(15-14-18-8-4-2-5-9-18)22(30)28(23(31)25-24)26-21(29)17-27(20-12-13-20)16-19-10-6-3-7-11-19/h2,4-5,8-9,19-20H,3,6-7,10-17H2,1H3,(H,25,31)(H,26,29). The Kier molecular flexibility index (Phi) is 6.60. The maximum Gasteiger partial charge on any atom is 0.344 e. The van der Waals surface area contributed by atoms with Gasteiger partial charge in [0, 0.05) is 12.6 Å². The van der Waals surface area contributed by atoms with Gasteiger partial charge in [-0.1, -0.05) is 49.6 Å². The number of hydrogen-bond donors (Lipinski definition) is 2. The van der Waals surface area contributed by atoms with Gasteiger partial charge in [-0.2, -0.15) is 5.01 Å². The van der Waals surface area contributed by atoms with Gasteiger partial charge >= 0.3 is 6.03 Å². The average molecular weight is 427 g/mol. The molecule has 0 radical (unpaired) electrons. The molecule has 7 heteroatoms. The number of hydrogen-bond acceptors (Lipinski definition) is 4. The zero-order valence-electron chi connectivity index (χ0n) is 18.4. The molecule has 0 spiro atoms. The quantitative estimate of drug-likeness (QED) is 0.595. The molecule has 1 aliphatic heterocycles. The normalized spacial score (nSPS) is 24.5. The van der Waals surface area contributed by atoms with Crippen molar-refractivity contribution < 1.29 is 14.4 Å². The highest BCUT2D eigenvalue weighted by atomic mass is 16.2. The summed E-state index contributed by atoms with van der Waals surface area (Å²) in [5.41, 5.74) is 2.67. The molecule has 1 saturated heterocycles. The fourth-order valence-corrected chi connectivity index (χ4v) is 4.82. The van der Waals surface area contributed by atoms with Crippen LogP contribution in [0, 0.1) is 5.92 Å². The van der Waals surface area contributed by atoms with Gasteiger partial charge in [0.1, 0.15) is 5.54 Å². The highest BCUT2D eigenvalue weighted by Gasteiger charge is 2.48. The van der Waals surface area contributed by atoms with Gasteiger partial charge in [0.05, 0.1) is 6.54 Å². The number of benzene rings is 1. The molecule has 4 amide bonds. The second-order valence-electron chi connectivity index (χ2n) is 9.59. The number of aryl methyl sites for hydroxylation is 1. The fourth-order valence-electron chi connectivity index (χ4n) is 4.82. The molecule has 1 atom stereocenters. The van der Waals surface area contributed by atoms with Crippen LogP contribution in [0.1, 0.15) is 63.9 Å². The van der Waals surface area contributed by atoms with Crippen LogP contribution in [0.25, 0.3) is 0 Å². The first-order valence-corrected chi connectivity index (χ1v) is 11.7. The highest BCUT2D eigenvalue weighted by molar-refractivity contribution is 6.07. The van der Waals surface area contributed by atoms with Crippen molar-refractivity contribution in [3.8, 4) is 0 Å². The molecule has 2 aliphatic carbocycles. The summed E-state index contributed by atoms with van der Waals surface area (Å²) in [6.07, 6.45) is 9.73. The molecule has 1 aromatic carbocycles. The molecule has 31 heavy (non-hydrogen) atoms. The van der Waals surface area contributed by atoms with Crippen LogP contribution in [0.3, 0.4) is 0 Å². The van der Waals surface area contributed by atoms with Crippen molar-refractivity contribution in [1.29, 1.82) is 0 Å². The fraction of sp³-hybridized carbons (Fsp3) is 0.625. The second kappa shape index (κ2) is 9.39. The maximum atomic E-state index is 13.0. The van der Waals surface area contributed by atoms with E-state index >= 15 is 0 Å². The van der Waals surface area contributed by atoms with E-state index in [1.165, 1.54) is 32.1 Å². The third-order valence-electron chi connectivity index (χ3n) is 6.88. The van der Waals surface area contributed by atoms with Gasteiger partial charge in [0.25, 0.3) is 11.8 Å². The first kappa shape index (κ1) is 21.8. The van der Waals surface area contributed by atoms with E-state index < -0.39 is 17.5 Å². The predicted octanol–water partition coefficient (Wildman–Crippen LogP) is 3.01. The van der Waals surface area contributed by atoms with Gasteiger partial charge in [-0.15, -0.1) is 0 Å². The van der Waals surface area contributed by atoms with Crippen molar-refractivity contribution in [2.45, 2.75) is 76.3 Å². The highest BCUT2D eigenvalue weighted by Crippen LogP contribution is 2.31. The number of urea groups is 1. The molecular weight excluding hydrogens is 392 g/mol. The van der Waals surface area contributed by atoms with E-state index in [-0.39, 0.29) is 12.5 Å². The van der Waals surface area contributed by atoms with Crippen LogP contribution in [0.2, 0.25) is 0 Å². The van der Waals surface area contributed by atoms with Crippen LogP contribution in [0.5, 0.6) is 0 Å². The number of carbonyl (C=O) groups is 3. The Morgan fingerprint density at radius 3 is 2.52 bits per heavy atom. The zero-order valence-corrected chi connectivity index (χ0v) is 18.4. The molecule has 3 aliphatic rings. The van der Waals surface area contributed by atoms with Crippen LogP contribution < -0.4 is 10.7 Å². The minimum atomic E-state index is -1.02. The SMILES string of the molecule is CC1(CCc2ccccc2)NC(=O)N(NC(=O)CN(CC2CCCCC2)C2CC2)C1=O. The third-order valence-corrected chi connectivity index (χ3v) is 6.88. The Morgan fingerprint density at radius 1 is 1.13 bits per heavy atom. The smallest absolute Gasteiger partial charge is 0.322 e. The van der Waals surface area contributed by atoms with E-state index in [2.05, 4.69) is 15.6 Å². The Hall–Kier alpha value is -2.41. The first-order valence-electron chi connectivity index (χ1n) is 11.7. The number of nitrogens with zero attached hydrogens (tertiary/aromatic N) is 2. The van der Waals surface area contributed by atoms with Crippen LogP contribution >= 0.6 is 0 Å². The molecular formula is C24H34N4O3. The van der Waals surface area contributed by atoms with E-state index in [0.29, 0.717) is 24.8 Å². The third kappa shape index (κ3) is 5.45. The summed E-state index contributed by atoms with van der Waals surface area (Å²) in [5, 5.41) is 3.64. The van der Waals surface area contributed by atoms with Crippen molar-refractivity contribution in [1.82, 2.24) is 20.7 Å². The Labute approximate surface area is 184 Å². The van der Waals surface area contributed by atoms with Gasteiger partial charge in [-0.3, -0.25) is 19.9 Å². The Bertz CT molecular complexity index is 804. The zero-order chi connectivity index (χ0) is 21.8. The van der Waals surface area contributed by atoms with Crippen LogP contribution in [-0.2, 0) is 16.0 Å². The average Bonchev–Trinajstić information content (AvgIpc) is 3.59. The molecule has 1 unspecified atom stereocenters. The van der Waals surface area contributed by atoms with Crippen LogP contribution in [0.15, 0.2) is 30.3 Å². The van der Waals surface area contributed by atoms with Crippen LogP contribution in [0.4, 0.5) is 4.79 Å². The first-order chi connectivity index (χ1) is 14.9. The molecule has 2 N–H and O–H groups in total. The molecule has 3 fully saturated rings. The molecule has 1 aromatic rings. The number of hydrazine groups is 1. The van der Waals surface area contributed by atoms with E-state index in [1.807, 2.05) is 30.3 Å². The van der Waals surface area contributed by atoms with E-state index in [1.54, 1.807) is 6.92 Å². The van der Waals surface area contributed by atoms with Gasteiger partial charge in [-0.25, -0.2) is 4.79 Å². The largest absolute Gasteiger partial charge is 0.344 e. The molecule has 4 rings (SSSR count). The summed E-state index contributed by atoms with van der Waals surface area (Å²) in [7, 11) is 0. The van der Waals surface area contributed by atoms with Crippen molar-refractivity contribution in [3.05, 3.63) is 35.9 Å². The molecule has 7 nitrogen and oxygen atoms in total. The maximum absolute atomic E-state index is 13.0. The van der Waals surface area contributed by atoms with E-state index in [4.69, 9.17) is 0 Å². The van der Waals surface area contributed by atoms with Crippen molar-refractivity contribution in [3.63, 3.8) is 0 Å². The summed E-state index contributed by atoms with van der Waals surface area (Å²) < 4.78 is 0. The minimum Gasteiger partial charge on any atom is -0.322 e. The number of carbonyl (C=O) groups excluding carboxylic acids is 3. The molecule has 0 bridgehead atoms. The topological polar surface area (TPSA) is 81.8 Å². The lowest BCUT2D eigenvalue weighted by Gasteiger charge is -2.29. The van der Waals surface area contributed by atoms with Crippen molar-refractivity contribution >= 4 is 17.8 Å². The molecule has 168 valence electrons. The van der Waals surface area contributed by atoms with E-state index in [9.17, 15) is 14.4 Å². The van der Waals surface area contributed by atoms with Gasteiger partial charge in [0.15, 0.2) is 0 Å². The number of nitrogens with one attached hydrogen (secondary N) is 2.